The molecule has 0 saturated heterocycles. The van der Waals surface area contributed by atoms with Crippen LogP contribution >= 0.6 is 27.5 Å². The Hall–Kier alpha value is -1.33. The third-order valence-corrected chi connectivity index (χ3v) is 3.78. The summed E-state index contributed by atoms with van der Waals surface area (Å²) in [5, 5.41) is 0.298. The second-order valence-electron chi connectivity index (χ2n) is 4.04. The Kier molecular flexibility index (Phi) is 4.50. The molecule has 2 aromatic rings. The topological polar surface area (TPSA) is 17.1 Å². The average molecular weight is 364 g/mol. The van der Waals surface area contributed by atoms with Crippen molar-refractivity contribution in [2.45, 2.75) is 5.92 Å². The highest BCUT2D eigenvalue weighted by Crippen LogP contribution is 2.34. The zero-order chi connectivity index (χ0) is 14.9. The molecule has 0 radical (unpaired) electrons. The second-order valence-corrected chi connectivity index (χ2v) is 5.33. The zero-order valence-corrected chi connectivity index (χ0v) is 12.2. The van der Waals surface area contributed by atoms with Crippen molar-refractivity contribution in [3.63, 3.8) is 0 Å². The smallest absolute Gasteiger partial charge is 0.166 e. The Morgan fingerprint density at radius 2 is 1.75 bits per heavy atom. The van der Waals surface area contributed by atoms with Crippen LogP contribution < -0.4 is 0 Å². The Bertz CT molecular complexity index is 676. The molecule has 2 rings (SSSR count). The summed E-state index contributed by atoms with van der Waals surface area (Å²) in [7, 11) is 0. The average Bonchev–Trinajstić information content (AvgIpc) is 2.42. The van der Waals surface area contributed by atoms with Crippen molar-refractivity contribution in [3.05, 3.63) is 68.4 Å². The lowest BCUT2D eigenvalue weighted by Gasteiger charge is -2.15. The molecule has 0 amide bonds. The lowest BCUT2D eigenvalue weighted by Crippen LogP contribution is -2.10. The van der Waals surface area contributed by atoms with Crippen LogP contribution in [0.5, 0.6) is 0 Å². The third-order valence-electron chi connectivity index (χ3n) is 2.82. The first-order chi connectivity index (χ1) is 9.45. The summed E-state index contributed by atoms with van der Waals surface area (Å²) in [5.41, 5.74) is -0.376. The van der Waals surface area contributed by atoms with Crippen LogP contribution in [-0.4, -0.2) is 6.29 Å². The van der Waals surface area contributed by atoms with Gasteiger partial charge in [0.1, 0.15) is 12.1 Å². The molecule has 0 aliphatic carbocycles. The number of rotatable bonds is 3. The molecule has 0 saturated carbocycles. The lowest BCUT2D eigenvalue weighted by atomic mass is 9.91. The van der Waals surface area contributed by atoms with Crippen LogP contribution in [0.3, 0.4) is 0 Å². The van der Waals surface area contributed by atoms with E-state index in [0.29, 0.717) is 21.8 Å². The number of carbonyl (C=O) groups is 1. The van der Waals surface area contributed by atoms with Gasteiger partial charge in [0.2, 0.25) is 0 Å². The standard InChI is InChI=1S/C14H7BrClF3O/c15-10-2-1-7(16)5-8(10)9(6-20)13-11(17)3-4-12(18)14(13)19/h1-6,9H. The van der Waals surface area contributed by atoms with Gasteiger partial charge in [-0.15, -0.1) is 0 Å². The maximum Gasteiger partial charge on any atom is 0.166 e. The van der Waals surface area contributed by atoms with Gasteiger partial charge in [-0.25, -0.2) is 13.2 Å². The van der Waals surface area contributed by atoms with E-state index < -0.39 is 28.9 Å². The summed E-state index contributed by atoms with van der Waals surface area (Å²) < 4.78 is 41.3. The van der Waals surface area contributed by atoms with Crippen LogP contribution in [0.15, 0.2) is 34.8 Å². The minimum atomic E-state index is -1.38. The van der Waals surface area contributed by atoms with Crippen molar-refractivity contribution >= 4 is 33.8 Å². The molecular formula is C14H7BrClF3O. The van der Waals surface area contributed by atoms with E-state index in [9.17, 15) is 18.0 Å². The van der Waals surface area contributed by atoms with Gasteiger partial charge in [0.15, 0.2) is 11.6 Å². The maximum atomic E-state index is 13.8. The molecule has 0 aliphatic heterocycles. The second kappa shape index (κ2) is 5.97. The summed E-state index contributed by atoms with van der Waals surface area (Å²) in [5.74, 6) is -4.88. The predicted molar refractivity (Wildman–Crippen MR) is 73.4 cm³/mol. The fourth-order valence-electron chi connectivity index (χ4n) is 1.88. The van der Waals surface area contributed by atoms with Gasteiger partial charge < -0.3 is 4.79 Å². The normalized spacial score (nSPS) is 12.2. The largest absolute Gasteiger partial charge is 0.302 e. The van der Waals surface area contributed by atoms with Crippen LogP contribution in [0, 0.1) is 17.5 Å². The van der Waals surface area contributed by atoms with Gasteiger partial charge in [-0.2, -0.15) is 0 Å². The third kappa shape index (κ3) is 2.74. The molecule has 1 nitrogen and oxygen atoms in total. The Morgan fingerprint density at radius 1 is 1.10 bits per heavy atom. The van der Waals surface area contributed by atoms with Crippen molar-refractivity contribution in [3.8, 4) is 0 Å². The van der Waals surface area contributed by atoms with E-state index in [1.165, 1.54) is 6.07 Å². The van der Waals surface area contributed by atoms with Gasteiger partial charge in [0, 0.05) is 15.1 Å². The first kappa shape index (κ1) is 15.1. The Morgan fingerprint density at radius 3 is 2.40 bits per heavy atom. The number of halogens is 5. The van der Waals surface area contributed by atoms with Gasteiger partial charge in [-0.1, -0.05) is 27.5 Å². The van der Waals surface area contributed by atoms with Gasteiger partial charge in [0.05, 0.1) is 5.92 Å². The highest BCUT2D eigenvalue weighted by atomic mass is 79.9. The first-order valence-corrected chi connectivity index (χ1v) is 6.66. The zero-order valence-electron chi connectivity index (χ0n) is 9.84. The summed E-state index contributed by atoms with van der Waals surface area (Å²) in [6, 6.07) is 5.94. The molecule has 2 aromatic carbocycles. The number of benzene rings is 2. The molecule has 0 aromatic heterocycles. The van der Waals surface area contributed by atoms with Gasteiger partial charge in [-0.05, 0) is 35.9 Å². The highest BCUT2D eigenvalue weighted by Gasteiger charge is 2.25. The first-order valence-electron chi connectivity index (χ1n) is 5.49. The number of carbonyl (C=O) groups excluding carboxylic acids is 1. The van der Waals surface area contributed by atoms with Gasteiger partial charge >= 0.3 is 0 Å². The van der Waals surface area contributed by atoms with E-state index >= 15 is 0 Å². The molecule has 20 heavy (non-hydrogen) atoms. The van der Waals surface area contributed by atoms with Gasteiger partial charge in [-0.3, -0.25) is 0 Å². The molecule has 0 aliphatic rings. The van der Waals surface area contributed by atoms with Gasteiger partial charge in [0.25, 0.3) is 0 Å². The summed E-state index contributed by atoms with van der Waals surface area (Å²) in [4.78, 5) is 11.3. The van der Waals surface area contributed by atoms with E-state index in [1.54, 1.807) is 12.1 Å². The van der Waals surface area contributed by atoms with Crippen LogP contribution in [-0.2, 0) is 4.79 Å². The molecule has 104 valence electrons. The predicted octanol–water partition coefficient (Wildman–Crippen LogP) is 4.85. The maximum absolute atomic E-state index is 13.8. The molecular weight excluding hydrogens is 357 g/mol. The fourth-order valence-corrected chi connectivity index (χ4v) is 2.55. The number of aldehydes is 1. The number of hydrogen-bond acceptors (Lipinski definition) is 1. The lowest BCUT2D eigenvalue weighted by molar-refractivity contribution is -0.108. The number of hydrogen-bond donors (Lipinski definition) is 0. The minimum Gasteiger partial charge on any atom is -0.302 e. The molecule has 1 atom stereocenters. The van der Waals surface area contributed by atoms with Crippen LogP contribution in [0.2, 0.25) is 5.02 Å². The van der Waals surface area contributed by atoms with Crippen LogP contribution in [0.4, 0.5) is 13.2 Å². The van der Waals surface area contributed by atoms with Crippen molar-refractivity contribution in [1.82, 2.24) is 0 Å². The Labute approximate surface area is 126 Å². The van der Waals surface area contributed by atoms with Crippen LogP contribution in [0.1, 0.15) is 17.0 Å². The SMILES string of the molecule is O=CC(c1cc(Cl)ccc1Br)c1c(F)ccc(F)c1F. The quantitative estimate of drug-likeness (QED) is 0.563. The van der Waals surface area contributed by atoms with E-state index in [0.717, 1.165) is 6.07 Å². The van der Waals surface area contributed by atoms with E-state index in [4.69, 9.17) is 11.6 Å². The summed E-state index contributed by atoms with van der Waals surface area (Å²) in [6.07, 6.45) is 0.345. The van der Waals surface area contributed by atoms with E-state index in [1.807, 2.05) is 0 Å². The van der Waals surface area contributed by atoms with E-state index in [2.05, 4.69) is 15.9 Å². The van der Waals surface area contributed by atoms with Crippen molar-refractivity contribution in [1.29, 1.82) is 0 Å². The van der Waals surface area contributed by atoms with Crippen molar-refractivity contribution in [2.75, 3.05) is 0 Å². The van der Waals surface area contributed by atoms with Crippen molar-refractivity contribution in [2.24, 2.45) is 0 Å². The molecule has 0 heterocycles. The molecule has 1 unspecified atom stereocenters. The molecule has 6 heteroatoms. The molecule has 0 fully saturated rings. The monoisotopic (exact) mass is 362 g/mol. The molecule has 0 spiro atoms. The van der Waals surface area contributed by atoms with Crippen molar-refractivity contribution < 1.29 is 18.0 Å². The molecule has 0 N–H and O–H groups in total. The minimum absolute atomic E-state index is 0.260. The van der Waals surface area contributed by atoms with Crippen LogP contribution in [0.25, 0.3) is 0 Å². The highest BCUT2D eigenvalue weighted by molar-refractivity contribution is 9.10. The molecule has 0 bridgehead atoms. The van der Waals surface area contributed by atoms with E-state index in [-0.39, 0.29) is 5.56 Å². The summed E-state index contributed by atoms with van der Waals surface area (Å²) in [6.45, 7) is 0. The summed E-state index contributed by atoms with van der Waals surface area (Å²) >= 11 is 9.00. The Balaban J connectivity index is 2.67. The fraction of sp³-hybridized carbons (Fsp3) is 0.0714.